The van der Waals surface area contributed by atoms with Gasteiger partial charge in [-0.3, -0.25) is 9.89 Å². The molecule has 0 bridgehead atoms. The topological polar surface area (TPSA) is 65.7 Å². The Morgan fingerprint density at radius 2 is 2.23 bits per heavy atom. The number of aliphatic imine (C=N–C) groups is 1. The molecule has 6 nitrogen and oxygen atoms in total. The predicted octanol–water partition coefficient (Wildman–Crippen LogP) is 3.08. The van der Waals surface area contributed by atoms with Crippen molar-refractivity contribution in [3.8, 4) is 0 Å². The maximum Gasteiger partial charge on any atom is 0.191 e. The van der Waals surface area contributed by atoms with Crippen LogP contribution in [0.25, 0.3) is 0 Å². The molecule has 0 fully saturated rings. The Morgan fingerprint density at radius 3 is 2.92 bits per heavy atom. The van der Waals surface area contributed by atoms with E-state index in [0.717, 1.165) is 49.0 Å². The van der Waals surface area contributed by atoms with Crippen molar-refractivity contribution in [2.24, 2.45) is 4.99 Å². The largest absolute Gasteiger partial charge is 0.361 e. The number of rotatable bonds is 5. The third-order valence-electron chi connectivity index (χ3n) is 4.86. The molecular formula is C18H28IN5OS. The van der Waals surface area contributed by atoms with Crippen LogP contribution in [0.3, 0.4) is 0 Å². The molecule has 0 radical (unpaired) electrons. The van der Waals surface area contributed by atoms with Gasteiger partial charge < -0.3 is 15.2 Å². The van der Waals surface area contributed by atoms with E-state index in [4.69, 9.17) is 4.52 Å². The maximum atomic E-state index is 5.20. The summed E-state index contributed by atoms with van der Waals surface area (Å²) in [5.41, 5.74) is 3.51. The SMILES string of the molecule is CN=C(NCc1c(C)noc1C)NCC(C)N1CCc2sccc2C1.I. The number of fused-ring (bicyclic) bond motifs is 1. The number of aromatic nitrogens is 1. The third-order valence-corrected chi connectivity index (χ3v) is 5.89. The van der Waals surface area contributed by atoms with Crippen LogP contribution in [0, 0.1) is 13.8 Å². The van der Waals surface area contributed by atoms with E-state index >= 15 is 0 Å². The molecule has 2 aromatic heterocycles. The molecule has 0 aliphatic carbocycles. The first-order valence-electron chi connectivity index (χ1n) is 8.74. The van der Waals surface area contributed by atoms with Gasteiger partial charge in [0.05, 0.1) is 5.69 Å². The van der Waals surface area contributed by atoms with Gasteiger partial charge >= 0.3 is 0 Å². The minimum Gasteiger partial charge on any atom is -0.361 e. The average Bonchev–Trinajstić information content (AvgIpc) is 3.21. The highest BCUT2D eigenvalue weighted by Gasteiger charge is 2.21. The quantitative estimate of drug-likeness (QED) is 0.384. The van der Waals surface area contributed by atoms with Crippen molar-refractivity contribution < 1.29 is 4.52 Å². The van der Waals surface area contributed by atoms with Gasteiger partial charge in [0.15, 0.2) is 5.96 Å². The number of hydrogen-bond acceptors (Lipinski definition) is 5. The van der Waals surface area contributed by atoms with Crippen LogP contribution in [0.2, 0.25) is 0 Å². The fourth-order valence-corrected chi connectivity index (χ4v) is 4.06. The predicted molar refractivity (Wildman–Crippen MR) is 117 cm³/mol. The van der Waals surface area contributed by atoms with Gasteiger partial charge in [0.2, 0.25) is 0 Å². The highest BCUT2D eigenvalue weighted by atomic mass is 127. The zero-order valence-electron chi connectivity index (χ0n) is 15.8. The maximum absolute atomic E-state index is 5.20. The molecule has 0 saturated heterocycles. The minimum absolute atomic E-state index is 0. The van der Waals surface area contributed by atoms with Crippen molar-refractivity contribution >= 4 is 41.3 Å². The van der Waals surface area contributed by atoms with Crippen LogP contribution in [0.1, 0.15) is 34.4 Å². The van der Waals surface area contributed by atoms with Gasteiger partial charge in [-0.1, -0.05) is 5.16 Å². The van der Waals surface area contributed by atoms with Crippen molar-refractivity contribution in [1.29, 1.82) is 0 Å². The standard InChI is InChI=1S/C18H27N5OS.HI/c1-12(23-7-5-17-15(11-23)6-8-25-17)9-20-18(19-4)21-10-16-13(2)22-24-14(16)3;/h6,8,12H,5,7,9-11H2,1-4H3,(H2,19,20,21);1H. The molecule has 1 atom stereocenters. The van der Waals surface area contributed by atoms with Gasteiger partial charge in [-0.2, -0.15) is 0 Å². The summed E-state index contributed by atoms with van der Waals surface area (Å²) in [6, 6.07) is 2.71. The van der Waals surface area contributed by atoms with E-state index in [1.807, 2.05) is 25.2 Å². The zero-order chi connectivity index (χ0) is 17.8. The van der Waals surface area contributed by atoms with Gasteiger partial charge in [-0.15, -0.1) is 35.3 Å². The lowest BCUT2D eigenvalue weighted by atomic mass is 10.1. The van der Waals surface area contributed by atoms with Crippen LogP contribution >= 0.6 is 35.3 Å². The van der Waals surface area contributed by atoms with Crippen LogP contribution in [-0.4, -0.2) is 42.2 Å². The molecule has 1 aliphatic rings. The lowest BCUT2D eigenvalue weighted by molar-refractivity contribution is 0.192. The van der Waals surface area contributed by atoms with E-state index in [1.165, 1.54) is 5.56 Å². The molecule has 0 aromatic carbocycles. The lowest BCUT2D eigenvalue weighted by Gasteiger charge is -2.32. The van der Waals surface area contributed by atoms with E-state index < -0.39 is 0 Å². The van der Waals surface area contributed by atoms with Crippen LogP contribution < -0.4 is 10.6 Å². The van der Waals surface area contributed by atoms with Crippen molar-refractivity contribution in [2.75, 3.05) is 20.1 Å². The average molecular weight is 489 g/mol. The van der Waals surface area contributed by atoms with Gasteiger partial charge in [0.1, 0.15) is 5.76 Å². The van der Waals surface area contributed by atoms with E-state index in [2.05, 4.69) is 44.1 Å². The second-order valence-electron chi connectivity index (χ2n) is 6.55. The number of aryl methyl sites for hydroxylation is 2. The number of guanidine groups is 1. The molecule has 1 aliphatic heterocycles. The second-order valence-corrected chi connectivity index (χ2v) is 7.55. The van der Waals surface area contributed by atoms with Gasteiger partial charge in [0.25, 0.3) is 0 Å². The third kappa shape index (κ3) is 4.98. The second kappa shape index (κ2) is 9.70. The summed E-state index contributed by atoms with van der Waals surface area (Å²) >= 11 is 1.88. The molecule has 3 heterocycles. The summed E-state index contributed by atoms with van der Waals surface area (Å²) in [6.45, 7) is 9.86. The summed E-state index contributed by atoms with van der Waals surface area (Å²) < 4.78 is 5.20. The zero-order valence-corrected chi connectivity index (χ0v) is 19.0. The van der Waals surface area contributed by atoms with Crippen molar-refractivity contribution in [1.82, 2.24) is 20.7 Å². The Labute approximate surface area is 176 Å². The molecule has 0 amide bonds. The Morgan fingerprint density at radius 1 is 1.42 bits per heavy atom. The summed E-state index contributed by atoms with van der Waals surface area (Å²) in [6.07, 6.45) is 1.16. The molecule has 0 saturated carbocycles. The van der Waals surface area contributed by atoms with E-state index in [0.29, 0.717) is 12.6 Å². The van der Waals surface area contributed by atoms with Crippen molar-refractivity contribution in [3.63, 3.8) is 0 Å². The van der Waals surface area contributed by atoms with Gasteiger partial charge in [-0.25, -0.2) is 0 Å². The number of halogens is 1. The fraction of sp³-hybridized carbons (Fsp3) is 0.556. The number of nitrogens with zero attached hydrogens (tertiary/aromatic N) is 3. The van der Waals surface area contributed by atoms with Crippen LogP contribution in [0.5, 0.6) is 0 Å². The van der Waals surface area contributed by atoms with E-state index in [9.17, 15) is 0 Å². The first-order chi connectivity index (χ1) is 12.1. The van der Waals surface area contributed by atoms with Crippen molar-refractivity contribution in [3.05, 3.63) is 38.9 Å². The highest BCUT2D eigenvalue weighted by molar-refractivity contribution is 14.0. The molecule has 2 N–H and O–H groups in total. The Balaban J connectivity index is 0.00000243. The number of hydrogen-bond donors (Lipinski definition) is 2. The summed E-state index contributed by atoms with van der Waals surface area (Å²) in [7, 11) is 1.80. The first-order valence-corrected chi connectivity index (χ1v) is 9.62. The fourth-order valence-electron chi connectivity index (χ4n) is 3.17. The Hall–Kier alpha value is -1.13. The molecule has 144 valence electrons. The summed E-state index contributed by atoms with van der Waals surface area (Å²) in [5.74, 6) is 1.66. The molecular weight excluding hydrogens is 461 g/mol. The molecule has 0 spiro atoms. The lowest BCUT2D eigenvalue weighted by Crippen LogP contribution is -2.47. The highest BCUT2D eigenvalue weighted by Crippen LogP contribution is 2.24. The summed E-state index contributed by atoms with van der Waals surface area (Å²) in [5, 5.41) is 13.0. The van der Waals surface area contributed by atoms with Crippen LogP contribution in [-0.2, 0) is 19.5 Å². The number of nitrogens with one attached hydrogen (secondary N) is 2. The van der Waals surface area contributed by atoms with Crippen LogP contribution in [0.15, 0.2) is 21.0 Å². The smallest absolute Gasteiger partial charge is 0.191 e. The molecule has 1 unspecified atom stereocenters. The Kier molecular flexibility index (Phi) is 7.90. The first kappa shape index (κ1) is 21.2. The van der Waals surface area contributed by atoms with Gasteiger partial charge in [-0.05, 0) is 44.2 Å². The summed E-state index contributed by atoms with van der Waals surface area (Å²) in [4.78, 5) is 8.40. The Bertz CT molecular complexity index is 722. The van der Waals surface area contributed by atoms with Crippen molar-refractivity contribution in [2.45, 2.75) is 46.3 Å². The minimum atomic E-state index is 0. The molecule has 26 heavy (non-hydrogen) atoms. The van der Waals surface area contributed by atoms with E-state index in [1.54, 1.807) is 11.9 Å². The molecule has 2 aromatic rings. The van der Waals surface area contributed by atoms with Crippen LogP contribution in [0.4, 0.5) is 0 Å². The normalized spacial score (nSPS) is 15.9. The molecule has 3 rings (SSSR count). The van der Waals surface area contributed by atoms with E-state index in [-0.39, 0.29) is 24.0 Å². The molecule has 8 heteroatoms. The number of thiophene rings is 1. The van der Waals surface area contributed by atoms with Gasteiger partial charge in [0, 0.05) is 49.7 Å². The monoisotopic (exact) mass is 489 g/mol.